The van der Waals surface area contributed by atoms with Gasteiger partial charge in [0.1, 0.15) is 0 Å². The zero-order valence-electron chi connectivity index (χ0n) is 6.88. The maximum Gasteiger partial charge on any atom is 0.270 e. The Kier molecular flexibility index (Phi) is 3.29. The van der Waals surface area contributed by atoms with Gasteiger partial charge in [0.15, 0.2) is 6.20 Å². The Labute approximate surface area is 81.8 Å². The average molecular weight is 218 g/mol. The highest BCUT2D eigenvalue weighted by molar-refractivity contribution is 8.00. The van der Waals surface area contributed by atoms with Crippen LogP contribution in [0.2, 0.25) is 0 Å². The quantitative estimate of drug-likeness (QED) is 0.578. The van der Waals surface area contributed by atoms with Crippen molar-refractivity contribution in [1.82, 2.24) is 0 Å². The van der Waals surface area contributed by atoms with Crippen LogP contribution in [0.3, 0.4) is 0 Å². The van der Waals surface area contributed by atoms with E-state index in [1.807, 2.05) is 6.07 Å². The van der Waals surface area contributed by atoms with Crippen molar-refractivity contribution in [2.45, 2.75) is 10.9 Å². The first-order valence-electron chi connectivity index (χ1n) is 3.44. The summed E-state index contributed by atoms with van der Waals surface area (Å²) in [6.07, 6.45) is 5.26. The van der Waals surface area contributed by atoms with Crippen LogP contribution in [0.25, 0.3) is 0 Å². The van der Waals surface area contributed by atoms with Gasteiger partial charge in [0.2, 0.25) is 5.03 Å². The van der Waals surface area contributed by atoms with Gasteiger partial charge in [-0.25, -0.2) is 13.6 Å². The van der Waals surface area contributed by atoms with Crippen LogP contribution in [0.4, 0.5) is 0 Å². The molecule has 71 valence electrons. The molecule has 6 heteroatoms. The smallest absolute Gasteiger partial charge is 0.223 e. The Morgan fingerprint density at radius 1 is 1.54 bits per heavy atom. The third kappa shape index (κ3) is 3.33. The summed E-state index contributed by atoms with van der Waals surface area (Å²) in [5, 5.41) is 5.67. The molecule has 0 spiro atoms. The molecule has 0 bridgehead atoms. The number of primary sulfonamides is 1. The highest BCUT2D eigenvalue weighted by Crippen LogP contribution is 2.09. The number of sulfonamides is 1. The Morgan fingerprint density at radius 2 is 2.23 bits per heavy atom. The van der Waals surface area contributed by atoms with E-state index in [2.05, 4.69) is 6.26 Å². The van der Waals surface area contributed by atoms with E-state index in [4.69, 9.17) is 5.14 Å². The predicted molar refractivity (Wildman–Crippen MR) is 51.0 cm³/mol. The molecule has 0 aliphatic carbocycles. The SMILES string of the molecule is [CH2]Sc1cccc[n+]1CS(N)(=O)=O. The lowest BCUT2D eigenvalue weighted by Crippen LogP contribution is -2.41. The highest BCUT2D eigenvalue weighted by Gasteiger charge is 2.14. The molecule has 0 saturated heterocycles. The Bertz CT molecular complexity index is 389. The molecule has 1 rings (SSSR count). The van der Waals surface area contributed by atoms with Crippen molar-refractivity contribution in [3.05, 3.63) is 30.7 Å². The van der Waals surface area contributed by atoms with Gasteiger partial charge in [0.05, 0.1) is 0 Å². The number of thioether (sulfide) groups is 1. The summed E-state index contributed by atoms with van der Waals surface area (Å²) in [6, 6.07) is 5.33. The van der Waals surface area contributed by atoms with Crippen LogP contribution in [-0.4, -0.2) is 8.42 Å². The van der Waals surface area contributed by atoms with E-state index in [0.717, 1.165) is 5.03 Å². The first kappa shape index (κ1) is 10.5. The molecule has 4 nitrogen and oxygen atoms in total. The van der Waals surface area contributed by atoms with E-state index in [0.29, 0.717) is 0 Å². The number of nitrogens with two attached hydrogens (primary N) is 1. The molecular formula is C7H10N2O2S2+. The summed E-state index contributed by atoms with van der Waals surface area (Å²) >= 11 is 1.23. The molecule has 0 aliphatic rings. The van der Waals surface area contributed by atoms with Crippen molar-refractivity contribution in [2.75, 3.05) is 0 Å². The highest BCUT2D eigenvalue weighted by atomic mass is 32.2. The van der Waals surface area contributed by atoms with Gasteiger partial charge in [-0.1, -0.05) is 11.8 Å². The molecular weight excluding hydrogens is 208 g/mol. The summed E-state index contributed by atoms with van der Waals surface area (Å²) in [6.45, 7) is 0. The van der Waals surface area contributed by atoms with Gasteiger partial charge in [0, 0.05) is 18.4 Å². The third-order valence-corrected chi connectivity index (χ3v) is 2.67. The Morgan fingerprint density at radius 3 is 2.77 bits per heavy atom. The number of pyridine rings is 1. The summed E-state index contributed by atoms with van der Waals surface area (Å²) in [7, 11) is -3.49. The van der Waals surface area contributed by atoms with Gasteiger partial charge in [-0.3, -0.25) is 0 Å². The number of rotatable bonds is 3. The van der Waals surface area contributed by atoms with Crippen molar-refractivity contribution in [1.29, 1.82) is 0 Å². The second-order valence-corrected chi connectivity index (χ2v) is 4.74. The van der Waals surface area contributed by atoms with Gasteiger partial charge in [0.25, 0.3) is 15.9 Å². The fourth-order valence-corrected chi connectivity index (χ4v) is 2.05. The van der Waals surface area contributed by atoms with E-state index in [9.17, 15) is 8.42 Å². The average Bonchev–Trinajstić information content (AvgIpc) is 2.02. The predicted octanol–water partition coefficient (Wildman–Crippen LogP) is 0.104. The van der Waals surface area contributed by atoms with E-state index < -0.39 is 10.0 Å². The number of hydrogen-bond acceptors (Lipinski definition) is 3. The summed E-state index contributed by atoms with van der Waals surface area (Å²) in [5.74, 6) is -0.217. The molecule has 0 aliphatic heterocycles. The first-order chi connectivity index (χ1) is 6.03. The molecule has 13 heavy (non-hydrogen) atoms. The lowest BCUT2D eigenvalue weighted by molar-refractivity contribution is -0.714. The van der Waals surface area contributed by atoms with Crippen molar-refractivity contribution in [3.8, 4) is 0 Å². The molecule has 1 aromatic rings. The van der Waals surface area contributed by atoms with Crippen molar-refractivity contribution < 1.29 is 13.0 Å². The zero-order chi connectivity index (χ0) is 9.90. The fraction of sp³-hybridized carbons (Fsp3) is 0.143. The van der Waals surface area contributed by atoms with E-state index in [1.54, 1.807) is 18.3 Å². The lowest BCUT2D eigenvalue weighted by Gasteiger charge is -1.98. The van der Waals surface area contributed by atoms with Crippen molar-refractivity contribution in [2.24, 2.45) is 5.14 Å². The van der Waals surface area contributed by atoms with Gasteiger partial charge >= 0.3 is 0 Å². The second-order valence-electron chi connectivity index (χ2n) is 2.44. The monoisotopic (exact) mass is 218 g/mol. The van der Waals surface area contributed by atoms with Gasteiger partial charge in [-0.2, -0.15) is 4.57 Å². The second kappa shape index (κ2) is 4.08. The summed E-state index contributed by atoms with van der Waals surface area (Å²) < 4.78 is 23.1. The summed E-state index contributed by atoms with van der Waals surface area (Å²) in [5.41, 5.74) is 0. The molecule has 0 aromatic carbocycles. The van der Waals surface area contributed by atoms with E-state index in [-0.39, 0.29) is 5.88 Å². The van der Waals surface area contributed by atoms with E-state index in [1.165, 1.54) is 16.3 Å². The molecule has 1 radical (unpaired) electrons. The molecule has 1 heterocycles. The molecule has 0 atom stereocenters. The first-order valence-corrected chi connectivity index (χ1v) is 6.14. The minimum atomic E-state index is -3.49. The van der Waals surface area contributed by atoms with Gasteiger partial charge in [-0.05, 0) is 6.07 Å². The molecule has 1 aromatic heterocycles. The largest absolute Gasteiger partial charge is 0.270 e. The maximum absolute atomic E-state index is 10.8. The van der Waals surface area contributed by atoms with Crippen molar-refractivity contribution in [3.63, 3.8) is 0 Å². The van der Waals surface area contributed by atoms with Crippen LogP contribution in [0.15, 0.2) is 29.4 Å². The lowest BCUT2D eigenvalue weighted by atomic mass is 10.5. The molecule has 2 N–H and O–H groups in total. The van der Waals surface area contributed by atoms with Crippen LogP contribution in [-0.2, 0) is 15.9 Å². The molecule has 0 unspecified atom stereocenters. The Balaban J connectivity index is 3.01. The normalized spacial score (nSPS) is 11.5. The minimum absolute atomic E-state index is 0.217. The maximum atomic E-state index is 10.8. The molecule has 0 amide bonds. The number of aromatic nitrogens is 1. The van der Waals surface area contributed by atoms with Crippen LogP contribution < -0.4 is 9.71 Å². The summed E-state index contributed by atoms with van der Waals surface area (Å²) in [4.78, 5) is 0. The molecule has 0 fully saturated rings. The van der Waals surface area contributed by atoms with Crippen LogP contribution in [0.1, 0.15) is 0 Å². The minimum Gasteiger partial charge on any atom is -0.223 e. The van der Waals surface area contributed by atoms with Crippen LogP contribution in [0.5, 0.6) is 0 Å². The van der Waals surface area contributed by atoms with Crippen LogP contribution in [0, 0.1) is 6.26 Å². The third-order valence-electron chi connectivity index (χ3n) is 1.37. The topological polar surface area (TPSA) is 64.0 Å². The number of hydrogen-bond donors (Lipinski definition) is 1. The molecule has 0 saturated carbocycles. The standard InChI is InChI=1S/C7H10N2O2S2/c1-12-7-4-2-3-5-9(7)6-13(8,10)11/h2-5H,1,6H2,(H2,8,10,11)/q+1. The van der Waals surface area contributed by atoms with Gasteiger partial charge < -0.3 is 0 Å². The van der Waals surface area contributed by atoms with Crippen molar-refractivity contribution >= 4 is 21.8 Å². The van der Waals surface area contributed by atoms with Gasteiger partial charge in [-0.15, -0.1) is 0 Å². The Hall–Kier alpha value is -0.590. The van der Waals surface area contributed by atoms with Crippen LogP contribution >= 0.6 is 11.8 Å². The zero-order valence-corrected chi connectivity index (χ0v) is 8.51. The fourth-order valence-electron chi connectivity index (χ4n) is 0.892. The number of nitrogens with zero attached hydrogens (tertiary/aromatic N) is 1. The van der Waals surface area contributed by atoms with E-state index >= 15 is 0 Å².